The number of halogens is 3. The summed E-state index contributed by atoms with van der Waals surface area (Å²) < 4.78 is 47.4. The minimum atomic E-state index is -5.03. The molecule has 0 unspecified atom stereocenters. The molecule has 3 aromatic carbocycles. The number of rotatable bonds is 4. The maximum absolute atomic E-state index is 14.4. The van der Waals surface area contributed by atoms with Crippen LogP contribution < -0.4 is 21.0 Å². The van der Waals surface area contributed by atoms with E-state index in [1.54, 1.807) is 73.7 Å². The minimum Gasteiger partial charge on any atom is -0.508 e. The Morgan fingerprint density at radius 1 is 0.889 bits per heavy atom. The zero-order valence-corrected chi connectivity index (χ0v) is 23.6. The third-order valence-corrected chi connectivity index (χ3v) is 9.11. The van der Waals surface area contributed by atoms with E-state index >= 15 is 0 Å². The summed E-state index contributed by atoms with van der Waals surface area (Å²) >= 11 is 0. The molecule has 0 bridgehead atoms. The van der Waals surface area contributed by atoms with Crippen molar-refractivity contribution in [1.29, 1.82) is 0 Å². The van der Waals surface area contributed by atoms with Crippen LogP contribution in [0.1, 0.15) is 30.9 Å². The van der Waals surface area contributed by atoms with Gasteiger partial charge < -0.3 is 9.84 Å². The van der Waals surface area contributed by atoms with E-state index in [-0.39, 0.29) is 18.5 Å². The van der Waals surface area contributed by atoms with E-state index < -0.39 is 64.3 Å². The Balaban J connectivity index is 1.45. The number of phenols is 1. The smallest absolute Gasteiger partial charge is 0.508 e. The second-order valence-corrected chi connectivity index (χ2v) is 11.5. The van der Waals surface area contributed by atoms with Gasteiger partial charge in [-0.25, -0.2) is 28.4 Å². The van der Waals surface area contributed by atoms with Gasteiger partial charge in [0, 0.05) is 11.5 Å². The lowest BCUT2D eigenvalue weighted by Gasteiger charge is -2.47. The fourth-order valence-electron chi connectivity index (χ4n) is 7.20. The van der Waals surface area contributed by atoms with Gasteiger partial charge in [0.1, 0.15) is 11.5 Å². The number of imide groups is 1. The summed E-state index contributed by atoms with van der Waals surface area (Å²) in [7, 11) is 0. The summed E-state index contributed by atoms with van der Waals surface area (Å²) in [6, 6.07) is 18.6. The molecule has 13 heteroatoms. The summed E-state index contributed by atoms with van der Waals surface area (Å²) in [6.45, 7) is 1.46. The number of allylic oxidation sites excluding steroid dienone is 2. The Kier molecular flexibility index (Phi) is 6.22. The van der Waals surface area contributed by atoms with Crippen LogP contribution in [0.4, 0.5) is 18.9 Å². The molecule has 10 nitrogen and oxygen atoms in total. The second-order valence-electron chi connectivity index (χ2n) is 11.5. The van der Waals surface area contributed by atoms with Gasteiger partial charge in [-0.1, -0.05) is 42.5 Å². The van der Waals surface area contributed by atoms with Gasteiger partial charge >= 0.3 is 17.7 Å². The molecule has 2 amide bonds. The van der Waals surface area contributed by atoms with Gasteiger partial charge in [0.15, 0.2) is 0 Å². The molecule has 1 aliphatic carbocycles. The summed E-state index contributed by atoms with van der Waals surface area (Å²) in [4.78, 5) is 57.0. The van der Waals surface area contributed by atoms with Crippen molar-refractivity contribution >= 4 is 17.5 Å². The molecule has 3 aliphatic rings. The Morgan fingerprint density at radius 3 is 2.18 bits per heavy atom. The maximum Gasteiger partial charge on any atom is 0.573 e. The van der Waals surface area contributed by atoms with E-state index in [2.05, 4.69) is 4.74 Å². The van der Waals surface area contributed by atoms with E-state index in [1.165, 1.54) is 9.36 Å². The molecule has 1 aromatic heterocycles. The molecule has 1 saturated carbocycles. The predicted molar refractivity (Wildman–Crippen MR) is 154 cm³/mol. The van der Waals surface area contributed by atoms with Gasteiger partial charge in [-0.05, 0) is 61.4 Å². The zero-order valence-electron chi connectivity index (χ0n) is 23.6. The topological polar surface area (TPSA) is 116 Å². The van der Waals surface area contributed by atoms with Gasteiger partial charge in [-0.3, -0.25) is 9.59 Å². The van der Waals surface area contributed by atoms with E-state index in [4.69, 9.17) is 0 Å². The molecule has 230 valence electrons. The molecule has 1 N–H and O–H groups in total. The lowest BCUT2D eigenvalue weighted by Crippen LogP contribution is -2.49. The first-order valence-electron chi connectivity index (χ1n) is 14.1. The number of hydrogen-bond donors (Lipinski definition) is 1. The van der Waals surface area contributed by atoms with Crippen molar-refractivity contribution in [2.24, 2.45) is 11.3 Å². The average molecular weight is 619 g/mol. The summed E-state index contributed by atoms with van der Waals surface area (Å²) in [5.41, 5.74) is -1.91. The Hall–Kier alpha value is -5.33. The van der Waals surface area contributed by atoms with Crippen LogP contribution in [0, 0.1) is 11.3 Å². The fourth-order valence-corrected chi connectivity index (χ4v) is 7.20. The molecule has 45 heavy (non-hydrogen) atoms. The Bertz CT molecular complexity index is 2010. The lowest BCUT2D eigenvalue weighted by atomic mass is 9.56. The Labute approximate surface area is 252 Å². The molecule has 2 fully saturated rings. The molecule has 0 radical (unpaired) electrons. The van der Waals surface area contributed by atoms with Gasteiger partial charge in [0.2, 0.25) is 11.8 Å². The molecule has 2 aliphatic heterocycles. The van der Waals surface area contributed by atoms with Crippen molar-refractivity contribution in [3.8, 4) is 17.2 Å². The van der Waals surface area contributed by atoms with Crippen LogP contribution in [-0.4, -0.2) is 37.2 Å². The first kappa shape index (κ1) is 28.4. The van der Waals surface area contributed by atoms with Crippen molar-refractivity contribution in [3.63, 3.8) is 0 Å². The number of alkyl halides is 3. The van der Waals surface area contributed by atoms with Crippen molar-refractivity contribution in [2.45, 2.75) is 38.2 Å². The van der Waals surface area contributed by atoms with Crippen LogP contribution >= 0.6 is 0 Å². The third kappa shape index (κ3) is 4.17. The molecular formula is C32H25F3N4O6. The van der Waals surface area contributed by atoms with Crippen molar-refractivity contribution < 1.29 is 32.6 Å². The fraction of sp³-hybridized carbons (Fsp3) is 0.250. The molecule has 7 rings (SSSR count). The van der Waals surface area contributed by atoms with Gasteiger partial charge in [0.25, 0.3) is 0 Å². The van der Waals surface area contributed by atoms with Crippen LogP contribution in [-0.2, 0) is 16.1 Å². The molecule has 4 aromatic rings. The van der Waals surface area contributed by atoms with Crippen LogP contribution in [0.15, 0.2) is 100 Å². The summed E-state index contributed by atoms with van der Waals surface area (Å²) in [5, 5.41) is 11.1. The number of anilines is 1. The number of phenolic OH excluding ortho intramolecular Hbond substituents is 1. The van der Waals surface area contributed by atoms with Crippen molar-refractivity contribution in [2.75, 3.05) is 4.90 Å². The largest absolute Gasteiger partial charge is 0.573 e. The van der Waals surface area contributed by atoms with Crippen molar-refractivity contribution in [1.82, 2.24) is 13.9 Å². The number of aromatic nitrogens is 3. The minimum absolute atomic E-state index is 0.0512. The number of nitrogens with zero attached hydrogens (tertiary/aromatic N) is 4. The zero-order chi connectivity index (χ0) is 31.8. The first-order valence-corrected chi connectivity index (χ1v) is 14.1. The van der Waals surface area contributed by atoms with Gasteiger partial charge in [0.05, 0.1) is 35.3 Å². The number of benzene rings is 3. The molecule has 3 heterocycles. The van der Waals surface area contributed by atoms with Gasteiger partial charge in [-0.2, -0.15) is 0 Å². The number of ether oxygens (including phenoxy) is 1. The van der Waals surface area contributed by atoms with Crippen molar-refractivity contribution in [3.05, 3.63) is 117 Å². The molecular weight excluding hydrogens is 593 g/mol. The standard InChI is InChI=1S/C32H25F3N4O6/c1-31-23(27(41)37(28(31)42)18-8-4-2-5-9-18)17-24-21(26(31)22-16-20(12-13-25(22)40)45-32(33,34)35)14-15-36-29(43)38(30(44)39(24)36)19-10-6-3-7-11-19/h2-14,16,23-24,26,40H,15,17H2,1H3/t23-,24+,26+,31+/m0/s1. The second kappa shape index (κ2) is 9.84. The van der Waals surface area contributed by atoms with E-state index in [1.807, 2.05) is 0 Å². The first-order chi connectivity index (χ1) is 21.4. The highest BCUT2D eigenvalue weighted by atomic mass is 19.4. The highest BCUT2D eigenvalue weighted by Gasteiger charge is 2.65. The van der Waals surface area contributed by atoms with E-state index in [0.717, 1.165) is 27.7 Å². The number of aromatic hydroxyl groups is 1. The summed E-state index contributed by atoms with van der Waals surface area (Å²) in [5.74, 6) is -4.46. The van der Waals surface area contributed by atoms with E-state index in [9.17, 15) is 37.5 Å². The average Bonchev–Trinajstić information content (AvgIpc) is 3.38. The van der Waals surface area contributed by atoms with Crippen LogP contribution in [0.25, 0.3) is 5.69 Å². The molecule has 4 atom stereocenters. The van der Waals surface area contributed by atoms with Crippen LogP contribution in [0.3, 0.4) is 0 Å². The Morgan fingerprint density at radius 2 is 1.53 bits per heavy atom. The highest BCUT2D eigenvalue weighted by molar-refractivity contribution is 6.24. The summed E-state index contributed by atoms with van der Waals surface area (Å²) in [6.07, 6.45) is -3.44. The number of carbonyl (C=O) groups excluding carboxylic acids is 2. The molecule has 0 spiro atoms. The lowest BCUT2D eigenvalue weighted by molar-refractivity contribution is -0.274. The SMILES string of the molecule is C[C@@]12C(=O)N(c3ccccc3)C(=O)[C@@H]1C[C@@H]1C(=CCn3c(=O)n(-c4ccccc4)c(=O)n31)[C@@H]2c1cc(OC(F)(F)F)ccc1O. The number of para-hydroxylation sites is 2. The number of hydrogen-bond acceptors (Lipinski definition) is 6. The normalized spacial score (nSPS) is 24.1. The number of amides is 2. The van der Waals surface area contributed by atoms with Crippen LogP contribution in [0.5, 0.6) is 11.5 Å². The quantitative estimate of drug-likeness (QED) is 0.270. The highest BCUT2D eigenvalue weighted by Crippen LogP contribution is 2.62. The molecule has 1 saturated heterocycles. The number of carbonyl (C=O) groups is 2. The van der Waals surface area contributed by atoms with Crippen LogP contribution in [0.2, 0.25) is 0 Å². The van der Waals surface area contributed by atoms with E-state index in [0.29, 0.717) is 16.9 Å². The third-order valence-electron chi connectivity index (χ3n) is 9.11. The predicted octanol–water partition coefficient (Wildman–Crippen LogP) is 4.27. The monoisotopic (exact) mass is 618 g/mol. The van der Waals surface area contributed by atoms with Gasteiger partial charge in [-0.15, -0.1) is 13.2 Å². The maximum atomic E-state index is 14.4. The number of fused-ring (bicyclic) bond motifs is 4.